The monoisotopic (exact) mass is 387 g/mol. The lowest BCUT2D eigenvalue weighted by Gasteiger charge is -2.32. The van der Waals surface area contributed by atoms with Gasteiger partial charge in [0.25, 0.3) is 0 Å². The fourth-order valence-electron chi connectivity index (χ4n) is 2.69. The van der Waals surface area contributed by atoms with Gasteiger partial charge in [0.1, 0.15) is 5.73 Å². The van der Waals surface area contributed by atoms with Crippen LogP contribution in [0, 0.1) is 5.41 Å². The van der Waals surface area contributed by atoms with Gasteiger partial charge in [-0.3, -0.25) is 0 Å². The van der Waals surface area contributed by atoms with Crippen LogP contribution in [0.5, 0.6) is 5.88 Å². The second kappa shape index (κ2) is 6.48. The average Bonchev–Trinajstić information content (AvgIpc) is 3.26. The van der Waals surface area contributed by atoms with E-state index in [0.29, 0.717) is 12.8 Å². The van der Waals surface area contributed by atoms with Gasteiger partial charge in [-0.1, -0.05) is 0 Å². The molecule has 27 heavy (non-hydrogen) atoms. The third kappa shape index (κ3) is 4.29. The summed E-state index contributed by atoms with van der Waals surface area (Å²) in [6.07, 6.45) is -0.694. The lowest BCUT2D eigenvalue weighted by Crippen LogP contribution is -2.41. The van der Waals surface area contributed by atoms with Crippen LogP contribution in [-0.2, 0) is 15.5 Å². The van der Waals surface area contributed by atoms with Gasteiger partial charge >= 0.3 is 13.3 Å². The minimum Gasteiger partial charge on any atom is -0.477 e. The predicted octanol–water partition coefficient (Wildman–Crippen LogP) is 4.74. The second-order valence-corrected chi connectivity index (χ2v) is 8.15. The highest BCUT2D eigenvalue weighted by atomic mass is 19.4. The van der Waals surface area contributed by atoms with Crippen molar-refractivity contribution >= 4 is 7.12 Å². The number of hydrogen-bond acceptors (Lipinski definition) is 4. The Labute approximate surface area is 156 Å². The molecule has 1 aromatic rings. The van der Waals surface area contributed by atoms with Crippen LogP contribution in [0.15, 0.2) is 30.1 Å². The number of nitrogens with zero attached hydrogens (tertiary/aromatic N) is 1. The molecule has 1 aromatic heterocycles. The largest absolute Gasteiger partial charge is 0.524 e. The molecule has 0 atom stereocenters. The molecule has 1 saturated heterocycles. The Kier molecular flexibility index (Phi) is 4.83. The fraction of sp³-hybridized carbons (Fsp3) is 0.611. The highest BCUT2D eigenvalue weighted by molar-refractivity contribution is 6.53. The fourth-order valence-corrected chi connectivity index (χ4v) is 2.69. The van der Waals surface area contributed by atoms with Gasteiger partial charge in [-0.15, -0.1) is 0 Å². The van der Waals surface area contributed by atoms with Crippen molar-refractivity contribution in [2.45, 2.75) is 57.9 Å². The Bertz CT molecular complexity index is 728. The van der Waals surface area contributed by atoms with E-state index in [9.17, 15) is 17.6 Å². The highest BCUT2D eigenvalue weighted by Gasteiger charge is 2.54. The zero-order valence-corrected chi connectivity index (χ0v) is 15.7. The van der Waals surface area contributed by atoms with Gasteiger partial charge in [0, 0.05) is 17.7 Å². The molecule has 148 valence electrons. The van der Waals surface area contributed by atoms with E-state index in [1.54, 1.807) is 0 Å². The molecule has 0 N–H and O–H groups in total. The molecular weight excluding hydrogens is 365 g/mol. The number of ether oxygens (including phenoxy) is 1. The first kappa shape index (κ1) is 20.1. The van der Waals surface area contributed by atoms with Crippen LogP contribution >= 0.6 is 0 Å². The summed E-state index contributed by atoms with van der Waals surface area (Å²) >= 11 is 0. The summed E-state index contributed by atoms with van der Waals surface area (Å²) < 4.78 is 69.7. The van der Waals surface area contributed by atoms with E-state index < -0.39 is 41.2 Å². The summed E-state index contributed by atoms with van der Waals surface area (Å²) in [5.41, 5.74) is -3.28. The molecule has 2 aliphatic rings. The standard InChI is InChI=1S/C18H22BF4NO3/c1-15(2)16(3,4)27-19(26-15)13(20)10-17(6-7-17)11-25-14-9-12(5-8-24-14)18(21,22)23/h5,8-10H,6-7,11H2,1-4H3. The minimum atomic E-state index is -4.47. The Morgan fingerprint density at radius 2 is 1.81 bits per heavy atom. The topological polar surface area (TPSA) is 40.6 Å². The number of alkyl halides is 3. The number of hydrogen-bond donors (Lipinski definition) is 0. The quantitative estimate of drug-likeness (QED) is 0.541. The first-order valence-electron chi connectivity index (χ1n) is 8.74. The molecular formula is C18H22BF4NO3. The molecule has 2 heterocycles. The molecule has 9 heteroatoms. The Balaban J connectivity index is 1.66. The second-order valence-electron chi connectivity index (χ2n) is 8.15. The first-order chi connectivity index (χ1) is 12.3. The van der Waals surface area contributed by atoms with Crippen molar-refractivity contribution in [3.05, 3.63) is 35.7 Å². The van der Waals surface area contributed by atoms with Crippen LogP contribution in [0.2, 0.25) is 0 Å². The van der Waals surface area contributed by atoms with E-state index in [1.165, 1.54) is 6.08 Å². The van der Waals surface area contributed by atoms with Crippen LogP contribution < -0.4 is 4.74 Å². The van der Waals surface area contributed by atoms with Gasteiger partial charge in [-0.2, -0.15) is 13.2 Å². The molecule has 0 aromatic carbocycles. The van der Waals surface area contributed by atoms with Crippen LogP contribution in [-0.4, -0.2) is 29.9 Å². The van der Waals surface area contributed by atoms with Gasteiger partial charge in [0.2, 0.25) is 5.88 Å². The third-order valence-corrected chi connectivity index (χ3v) is 5.38. The molecule has 3 rings (SSSR count). The number of rotatable bonds is 5. The molecule has 1 aliphatic carbocycles. The Morgan fingerprint density at radius 1 is 1.22 bits per heavy atom. The van der Waals surface area contributed by atoms with Gasteiger partial charge in [0.05, 0.1) is 23.4 Å². The van der Waals surface area contributed by atoms with E-state index in [0.717, 1.165) is 18.3 Å². The van der Waals surface area contributed by atoms with E-state index >= 15 is 0 Å². The smallest absolute Gasteiger partial charge is 0.477 e. The van der Waals surface area contributed by atoms with E-state index in [-0.39, 0.29) is 12.5 Å². The van der Waals surface area contributed by atoms with E-state index in [1.807, 2.05) is 27.7 Å². The van der Waals surface area contributed by atoms with E-state index in [4.69, 9.17) is 14.0 Å². The predicted molar refractivity (Wildman–Crippen MR) is 91.7 cm³/mol. The zero-order chi connectivity index (χ0) is 20.1. The van der Waals surface area contributed by atoms with Crippen molar-refractivity contribution in [1.29, 1.82) is 0 Å². The van der Waals surface area contributed by atoms with Crippen molar-refractivity contribution < 1.29 is 31.6 Å². The third-order valence-electron chi connectivity index (χ3n) is 5.38. The van der Waals surface area contributed by atoms with Gasteiger partial charge in [-0.05, 0) is 52.7 Å². The van der Waals surface area contributed by atoms with Crippen LogP contribution in [0.4, 0.5) is 17.6 Å². The average molecular weight is 387 g/mol. The van der Waals surface area contributed by atoms with Crippen LogP contribution in [0.3, 0.4) is 0 Å². The molecule has 1 aliphatic heterocycles. The summed E-state index contributed by atoms with van der Waals surface area (Å²) in [7, 11) is -1.10. The molecule has 0 unspecified atom stereocenters. The summed E-state index contributed by atoms with van der Waals surface area (Å²) in [5.74, 6) is -0.138. The molecule has 0 amide bonds. The number of pyridine rings is 1. The lowest BCUT2D eigenvalue weighted by molar-refractivity contribution is -0.137. The maximum absolute atomic E-state index is 14.7. The molecule has 0 bridgehead atoms. The first-order valence-corrected chi connectivity index (χ1v) is 8.74. The Morgan fingerprint density at radius 3 is 2.33 bits per heavy atom. The molecule has 1 saturated carbocycles. The van der Waals surface area contributed by atoms with Crippen LogP contribution in [0.1, 0.15) is 46.1 Å². The van der Waals surface area contributed by atoms with Crippen LogP contribution in [0.25, 0.3) is 0 Å². The molecule has 2 fully saturated rings. The number of aromatic nitrogens is 1. The highest BCUT2D eigenvalue weighted by Crippen LogP contribution is 2.49. The minimum absolute atomic E-state index is 0.0359. The SMILES string of the molecule is CC1(C)OB(C(F)=CC2(COc3cc(C(F)(F)F)ccn3)CC2)OC1(C)C. The van der Waals surface area contributed by atoms with Gasteiger partial charge in [-0.25, -0.2) is 9.37 Å². The summed E-state index contributed by atoms with van der Waals surface area (Å²) in [5, 5.41) is 0. The van der Waals surface area contributed by atoms with Crippen molar-refractivity contribution in [2.24, 2.45) is 5.41 Å². The van der Waals surface area contributed by atoms with Crippen molar-refractivity contribution in [2.75, 3.05) is 6.61 Å². The van der Waals surface area contributed by atoms with Crippen molar-refractivity contribution in [3.63, 3.8) is 0 Å². The van der Waals surface area contributed by atoms with Crippen molar-refractivity contribution in [1.82, 2.24) is 4.98 Å². The van der Waals surface area contributed by atoms with Crippen molar-refractivity contribution in [3.8, 4) is 5.88 Å². The zero-order valence-electron chi connectivity index (χ0n) is 15.7. The maximum atomic E-state index is 14.7. The Hall–Kier alpha value is -1.61. The lowest BCUT2D eigenvalue weighted by atomic mass is 9.85. The summed E-state index contributed by atoms with van der Waals surface area (Å²) in [6.45, 7) is 7.35. The molecule has 4 nitrogen and oxygen atoms in total. The summed E-state index contributed by atoms with van der Waals surface area (Å²) in [6, 6.07) is 1.71. The molecule has 0 spiro atoms. The van der Waals surface area contributed by atoms with Gasteiger partial charge in [0.15, 0.2) is 0 Å². The number of halogens is 4. The normalized spacial score (nSPS) is 23.4. The summed E-state index contributed by atoms with van der Waals surface area (Å²) in [4.78, 5) is 3.79. The van der Waals surface area contributed by atoms with Gasteiger partial charge < -0.3 is 14.0 Å². The van der Waals surface area contributed by atoms with E-state index in [2.05, 4.69) is 4.98 Å². The maximum Gasteiger partial charge on any atom is 0.524 e. The molecule has 0 radical (unpaired) electrons.